The van der Waals surface area contributed by atoms with E-state index < -0.39 is 0 Å². The van der Waals surface area contributed by atoms with Gasteiger partial charge < -0.3 is 5.11 Å². The van der Waals surface area contributed by atoms with Crippen LogP contribution in [0.4, 0.5) is 0 Å². The van der Waals surface area contributed by atoms with E-state index in [0.29, 0.717) is 0 Å². The Labute approximate surface area is 78.8 Å². The van der Waals surface area contributed by atoms with Crippen molar-refractivity contribution in [2.24, 2.45) is 0 Å². The normalized spacial score (nSPS) is 6.67. The van der Waals surface area contributed by atoms with Crippen LogP contribution in [0, 0.1) is 6.07 Å². The summed E-state index contributed by atoms with van der Waals surface area (Å²) < 4.78 is 0. The van der Waals surface area contributed by atoms with Crippen LogP contribution >= 0.6 is 0 Å². The van der Waals surface area contributed by atoms with Crippen LogP contribution in [0.2, 0.25) is 0 Å². The third-order valence-electron chi connectivity index (χ3n) is 0.691. The molecule has 1 N–H and O–H groups in total. The molecule has 0 saturated heterocycles. The van der Waals surface area contributed by atoms with E-state index in [9.17, 15) is 0 Å². The van der Waals surface area contributed by atoms with E-state index in [0.717, 1.165) is 0 Å². The van der Waals surface area contributed by atoms with Crippen molar-refractivity contribution in [3.63, 3.8) is 0 Å². The van der Waals surface area contributed by atoms with Gasteiger partial charge in [-0.3, -0.25) is 0 Å². The van der Waals surface area contributed by atoms with Crippen LogP contribution in [0.15, 0.2) is 24.3 Å². The Morgan fingerprint density at radius 1 is 1.44 bits per heavy atom. The summed E-state index contributed by atoms with van der Waals surface area (Å²) in [6.45, 7) is 0. The molecule has 1 nitrogen and oxygen atoms in total. The summed E-state index contributed by atoms with van der Waals surface area (Å²) in [5.41, 5.74) is 0. The quantitative estimate of drug-likeness (QED) is 0.295. The zero-order valence-electron chi connectivity index (χ0n) is 5.76. The summed E-state index contributed by atoms with van der Waals surface area (Å²) in [4.78, 5) is 0. The van der Waals surface area contributed by atoms with Gasteiger partial charge in [0.05, 0.1) is 0 Å². The molecule has 1 rings (SSSR count). The molecule has 0 aliphatic rings. The minimum atomic E-state index is 0. The van der Waals surface area contributed by atoms with Gasteiger partial charge in [0.2, 0.25) is 0 Å². The van der Waals surface area contributed by atoms with Gasteiger partial charge in [0.15, 0.2) is 0 Å². The molecule has 0 fully saturated rings. The van der Waals surface area contributed by atoms with E-state index in [4.69, 9.17) is 5.11 Å². The monoisotopic (exact) mass is 107 g/mol. The number of phenols is 1. The zero-order chi connectivity index (χ0) is 5.11. The van der Waals surface area contributed by atoms with Gasteiger partial charge in [0, 0.05) is 24.6 Å². The van der Waals surface area contributed by atoms with Crippen LogP contribution in [0.25, 0.3) is 0 Å². The Balaban J connectivity index is 0. The van der Waals surface area contributed by atoms with Gasteiger partial charge in [-0.15, -0.1) is 12.1 Å². The van der Waals surface area contributed by atoms with Crippen LogP contribution < -0.4 is 18.9 Å². The van der Waals surface area contributed by atoms with Gasteiger partial charge >= 0.3 is 18.9 Å². The molecule has 3 heteroatoms. The molecule has 0 amide bonds. The molecule has 0 aromatic heterocycles. The molecule has 0 aliphatic carbocycles. The van der Waals surface area contributed by atoms with Crippen molar-refractivity contribution in [1.82, 2.24) is 0 Å². The average Bonchev–Trinajstić information content (AvgIpc) is 1.69. The Bertz CT molecular complexity index is 141. The van der Waals surface area contributed by atoms with Crippen LogP contribution in [0.3, 0.4) is 0 Å². The third kappa shape index (κ3) is 4.70. The zero-order valence-corrected chi connectivity index (χ0v) is 5.76. The number of hydrogen-bond acceptors (Lipinski definition) is 1. The van der Waals surface area contributed by atoms with Gasteiger partial charge in [-0.25, -0.2) is 0 Å². The van der Waals surface area contributed by atoms with E-state index in [-0.39, 0.29) is 43.5 Å². The summed E-state index contributed by atoms with van der Waals surface area (Å²) >= 11 is 0. The second-order valence-electron chi connectivity index (χ2n) is 1.26. The first-order chi connectivity index (χ1) is 3.39. The van der Waals surface area contributed by atoms with Crippen molar-refractivity contribution in [3.05, 3.63) is 30.3 Å². The predicted octanol–water partition coefficient (Wildman–Crippen LogP) is -2.18. The van der Waals surface area contributed by atoms with Gasteiger partial charge in [-0.1, -0.05) is 0 Å². The molecule has 37 valence electrons. The minimum absolute atomic E-state index is 0. The van der Waals surface area contributed by atoms with E-state index in [2.05, 4.69) is 6.07 Å². The second-order valence-corrected chi connectivity index (χ2v) is 1.26. The first kappa shape index (κ1) is 11.9. The number of hydrogen-bond donors (Lipinski definition) is 1. The molecule has 0 aliphatic heterocycles. The van der Waals surface area contributed by atoms with Crippen LogP contribution in [0.5, 0.6) is 5.75 Å². The minimum Gasteiger partial charge on any atom is -0.566 e. The Kier molecular flexibility index (Phi) is 8.41. The van der Waals surface area contributed by atoms with Crippen molar-refractivity contribution >= 4 is 18.9 Å². The molecule has 0 spiro atoms. The standard InChI is InChI=1S/C6H5O.2Li/c7-6-4-2-1-3-5-6;;/h1-2,4-5,7H;;/q-1;;+1. The van der Waals surface area contributed by atoms with E-state index >= 15 is 0 Å². The fraction of sp³-hybridized carbons (Fsp3) is 0. The summed E-state index contributed by atoms with van der Waals surface area (Å²) in [6, 6.07) is 9.30. The molecule has 0 unspecified atom stereocenters. The van der Waals surface area contributed by atoms with Crippen molar-refractivity contribution in [3.8, 4) is 5.75 Å². The van der Waals surface area contributed by atoms with Crippen molar-refractivity contribution in [2.45, 2.75) is 0 Å². The number of benzene rings is 1. The van der Waals surface area contributed by atoms with Gasteiger partial charge in [0.25, 0.3) is 0 Å². The van der Waals surface area contributed by atoms with E-state index in [1.807, 2.05) is 0 Å². The maximum Gasteiger partial charge on any atom is 1.00 e. The molecular formula is C6H5Li2O. The Hall–Kier alpha value is 0.215. The fourth-order valence-electron chi connectivity index (χ4n) is 0.384. The number of phenolic OH excluding ortho intramolecular Hbond substituents is 1. The maximum atomic E-state index is 8.60. The molecule has 0 bridgehead atoms. The fourth-order valence-corrected chi connectivity index (χ4v) is 0.384. The summed E-state index contributed by atoms with van der Waals surface area (Å²) in [5.74, 6) is 0.266. The molecule has 0 saturated carbocycles. The Morgan fingerprint density at radius 3 is 2.33 bits per heavy atom. The molecule has 1 aromatic carbocycles. The molecule has 1 radical (unpaired) electrons. The second kappa shape index (κ2) is 6.34. The van der Waals surface area contributed by atoms with Crippen LogP contribution in [0.1, 0.15) is 0 Å². The summed E-state index contributed by atoms with van der Waals surface area (Å²) in [5, 5.41) is 8.60. The Morgan fingerprint density at radius 2 is 2.11 bits per heavy atom. The van der Waals surface area contributed by atoms with Gasteiger partial charge in [0.1, 0.15) is 0 Å². The summed E-state index contributed by atoms with van der Waals surface area (Å²) in [7, 11) is 0. The third-order valence-corrected chi connectivity index (χ3v) is 0.691. The van der Waals surface area contributed by atoms with Crippen molar-refractivity contribution < 1.29 is 24.0 Å². The topological polar surface area (TPSA) is 20.2 Å². The summed E-state index contributed by atoms with van der Waals surface area (Å²) in [6.07, 6.45) is 0. The van der Waals surface area contributed by atoms with Crippen LogP contribution in [-0.4, -0.2) is 24.0 Å². The predicted molar refractivity (Wildman–Crippen MR) is 32.7 cm³/mol. The molecular weight excluding hydrogens is 102 g/mol. The largest absolute Gasteiger partial charge is 1.00 e. The van der Waals surface area contributed by atoms with Gasteiger partial charge in [-0.2, -0.15) is 18.2 Å². The molecule has 1 aromatic rings. The van der Waals surface area contributed by atoms with Gasteiger partial charge in [-0.05, 0) is 0 Å². The smallest absolute Gasteiger partial charge is 0.566 e. The van der Waals surface area contributed by atoms with Crippen molar-refractivity contribution in [2.75, 3.05) is 0 Å². The molecule has 9 heavy (non-hydrogen) atoms. The first-order valence-electron chi connectivity index (χ1n) is 2.04. The number of rotatable bonds is 0. The number of aromatic hydroxyl groups is 1. The first-order valence-corrected chi connectivity index (χ1v) is 2.04. The SMILES string of the molecule is Oc1c[c-]ccc1.[Li+].[Li]. The van der Waals surface area contributed by atoms with E-state index in [1.54, 1.807) is 18.2 Å². The average molecular weight is 107 g/mol. The molecule has 0 heterocycles. The maximum absolute atomic E-state index is 8.60. The van der Waals surface area contributed by atoms with Crippen molar-refractivity contribution in [1.29, 1.82) is 0 Å². The van der Waals surface area contributed by atoms with Crippen LogP contribution in [-0.2, 0) is 0 Å². The molecule has 0 atom stereocenters. The van der Waals surface area contributed by atoms with E-state index in [1.165, 1.54) is 6.07 Å².